The minimum Gasteiger partial charge on any atom is -0.491 e. The first-order valence-electron chi connectivity index (χ1n) is 7.60. The van der Waals surface area contributed by atoms with E-state index in [0.717, 1.165) is 18.8 Å². The molecular weight excluding hydrogens is 266 g/mol. The third-order valence-corrected chi connectivity index (χ3v) is 4.08. The van der Waals surface area contributed by atoms with Crippen LogP contribution in [0.2, 0.25) is 0 Å². The molecule has 0 radical (unpaired) electrons. The zero-order valence-corrected chi connectivity index (χ0v) is 13.0. The Morgan fingerprint density at radius 2 is 1.90 bits per heavy atom. The topological polar surface area (TPSA) is 62.0 Å². The summed E-state index contributed by atoms with van der Waals surface area (Å²) in [5.41, 5.74) is 6.34. The summed E-state index contributed by atoms with van der Waals surface area (Å²) in [6, 6.07) is 7.92. The Kier molecular flexibility index (Phi) is 5.85. The maximum absolute atomic E-state index is 10.1. The van der Waals surface area contributed by atoms with Crippen molar-refractivity contribution in [2.45, 2.75) is 25.0 Å². The molecule has 5 heteroatoms. The predicted molar refractivity (Wildman–Crippen MR) is 85.5 cm³/mol. The van der Waals surface area contributed by atoms with Crippen LogP contribution >= 0.6 is 0 Å². The maximum atomic E-state index is 10.1. The number of ether oxygens (including phenoxy) is 1. The van der Waals surface area contributed by atoms with E-state index in [1.807, 2.05) is 12.1 Å². The molecule has 1 fully saturated rings. The predicted octanol–water partition coefficient (Wildman–Crippen LogP) is 1.03. The first kappa shape index (κ1) is 16.1. The molecule has 1 atom stereocenters. The molecule has 5 nitrogen and oxygen atoms in total. The van der Waals surface area contributed by atoms with Gasteiger partial charge in [-0.2, -0.15) is 0 Å². The summed E-state index contributed by atoms with van der Waals surface area (Å²) in [7, 11) is 4.27. The van der Waals surface area contributed by atoms with E-state index in [2.05, 4.69) is 23.9 Å². The highest BCUT2D eigenvalue weighted by Crippen LogP contribution is 2.15. The van der Waals surface area contributed by atoms with Gasteiger partial charge in [0.1, 0.15) is 18.5 Å². The molecule has 1 aliphatic heterocycles. The van der Waals surface area contributed by atoms with Gasteiger partial charge >= 0.3 is 0 Å². The molecule has 0 aromatic heterocycles. The van der Waals surface area contributed by atoms with E-state index in [9.17, 15) is 5.11 Å². The summed E-state index contributed by atoms with van der Waals surface area (Å²) in [4.78, 5) is 4.61. The summed E-state index contributed by atoms with van der Waals surface area (Å²) >= 11 is 0. The molecule has 1 aliphatic rings. The summed E-state index contributed by atoms with van der Waals surface area (Å²) < 4.78 is 5.58. The van der Waals surface area contributed by atoms with Gasteiger partial charge in [0.25, 0.3) is 0 Å². The fourth-order valence-electron chi connectivity index (χ4n) is 2.73. The average molecular weight is 293 g/mol. The molecule has 3 N–H and O–H groups in total. The molecule has 118 valence electrons. The second-order valence-electron chi connectivity index (χ2n) is 6.03. The van der Waals surface area contributed by atoms with Crippen LogP contribution in [-0.4, -0.2) is 67.4 Å². The number of hydrogen-bond acceptors (Lipinski definition) is 5. The number of nitrogens with two attached hydrogens (primary N) is 1. The number of nitrogens with zero attached hydrogens (tertiary/aromatic N) is 2. The van der Waals surface area contributed by atoms with E-state index in [1.54, 1.807) is 12.1 Å². The Morgan fingerprint density at radius 1 is 1.29 bits per heavy atom. The first-order chi connectivity index (χ1) is 10.0. The Labute approximate surface area is 127 Å². The molecule has 0 spiro atoms. The van der Waals surface area contributed by atoms with Crippen LogP contribution in [0.25, 0.3) is 0 Å². The third kappa shape index (κ3) is 5.19. The second-order valence-corrected chi connectivity index (χ2v) is 6.03. The van der Waals surface area contributed by atoms with Crippen molar-refractivity contribution in [3.63, 3.8) is 0 Å². The van der Waals surface area contributed by atoms with Crippen LogP contribution in [0.4, 0.5) is 5.69 Å². The van der Waals surface area contributed by atoms with E-state index in [0.29, 0.717) is 24.9 Å². The third-order valence-electron chi connectivity index (χ3n) is 4.08. The highest BCUT2D eigenvalue weighted by atomic mass is 16.5. The number of rotatable bonds is 6. The Hall–Kier alpha value is -1.30. The highest BCUT2D eigenvalue weighted by molar-refractivity contribution is 5.41. The van der Waals surface area contributed by atoms with Crippen LogP contribution < -0.4 is 10.5 Å². The number of β-amino-alcohol motifs (C(OH)–C–C–N with tert-alkyl or cyclic N) is 1. The van der Waals surface area contributed by atoms with Crippen molar-refractivity contribution >= 4 is 5.69 Å². The quantitative estimate of drug-likeness (QED) is 0.767. The summed E-state index contributed by atoms with van der Waals surface area (Å²) in [5.74, 6) is 0.745. The molecule has 1 aromatic carbocycles. The van der Waals surface area contributed by atoms with E-state index in [4.69, 9.17) is 10.5 Å². The minimum absolute atomic E-state index is 0.317. The normalized spacial score (nSPS) is 18.9. The monoisotopic (exact) mass is 293 g/mol. The fourth-order valence-corrected chi connectivity index (χ4v) is 2.73. The number of nitrogen functional groups attached to an aromatic ring is 1. The number of hydrogen-bond donors (Lipinski definition) is 2. The van der Waals surface area contributed by atoms with Gasteiger partial charge in [-0.1, -0.05) is 0 Å². The lowest BCUT2D eigenvalue weighted by molar-refractivity contribution is 0.0506. The lowest BCUT2D eigenvalue weighted by atomic mass is 10.0. The van der Waals surface area contributed by atoms with Gasteiger partial charge in [-0.05, 0) is 64.3 Å². The molecule has 2 rings (SSSR count). The van der Waals surface area contributed by atoms with Gasteiger partial charge < -0.3 is 25.4 Å². The van der Waals surface area contributed by atoms with Crippen molar-refractivity contribution < 1.29 is 9.84 Å². The van der Waals surface area contributed by atoms with Crippen LogP contribution in [0.15, 0.2) is 24.3 Å². The largest absolute Gasteiger partial charge is 0.491 e. The number of piperidine rings is 1. The minimum atomic E-state index is -0.460. The summed E-state index contributed by atoms with van der Waals surface area (Å²) in [6.45, 7) is 3.08. The van der Waals surface area contributed by atoms with Gasteiger partial charge in [0, 0.05) is 18.3 Å². The second kappa shape index (κ2) is 7.64. The number of likely N-dealkylation sites (tertiary alicyclic amines) is 1. The SMILES string of the molecule is CN(C)C1CCN(CC(O)COc2ccc(N)cc2)CC1. The van der Waals surface area contributed by atoms with Crippen molar-refractivity contribution in [1.82, 2.24) is 9.80 Å². The molecular formula is C16H27N3O2. The highest BCUT2D eigenvalue weighted by Gasteiger charge is 2.22. The Bertz CT molecular complexity index is 414. The van der Waals surface area contributed by atoms with Crippen LogP contribution in [0.1, 0.15) is 12.8 Å². The van der Waals surface area contributed by atoms with Crippen LogP contribution in [-0.2, 0) is 0 Å². The van der Waals surface area contributed by atoms with E-state index in [1.165, 1.54) is 12.8 Å². The van der Waals surface area contributed by atoms with Gasteiger partial charge in [-0.25, -0.2) is 0 Å². The van der Waals surface area contributed by atoms with Crippen LogP contribution in [0.5, 0.6) is 5.75 Å². The number of aliphatic hydroxyl groups is 1. The van der Waals surface area contributed by atoms with E-state index in [-0.39, 0.29) is 0 Å². The number of benzene rings is 1. The Balaban J connectivity index is 1.68. The lowest BCUT2D eigenvalue weighted by Gasteiger charge is -2.35. The maximum Gasteiger partial charge on any atom is 0.119 e. The van der Waals surface area contributed by atoms with Crippen molar-refractivity contribution in [3.8, 4) is 5.75 Å². The summed E-state index contributed by atoms with van der Waals surface area (Å²) in [6.07, 6.45) is 1.87. The molecule has 1 aromatic rings. The van der Waals surface area contributed by atoms with Gasteiger partial charge in [0.2, 0.25) is 0 Å². The van der Waals surface area contributed by atoms with Crippen LogP contribution in [0, 0.1) is 0 Å². The molecule has 1 saturated heterocycles. The van der Waals surface area contributed by atoms with Crippen molar-refractivity contribution in [2.75, 3.05) is 46.1 Å². The molecule has 21 heavy (non-hydrogen) atoms. The van der Waals surface area contributed by atoms with Gasteiger partial charge in [-0.3, -0.25) is 0 Å². The standard InChI is InChI=1S/C16H27N3O2/c1-18(2)14-7-9-19(10-8-14)11-15(20)12-21-16-5-3-13(17)4-6-16/h3-6,14-15,20H,7-12,17H2,1-2H3. The zero-order chi connectivity index (χ0) is 15.2. The number of aliphatic hydroxyl groups excluding tert-OH is 1. The molecule has 0 saturated carbocycles. The van der Waals surface area contributed by atoms with E-state index < -0.39 is 6.10 Å². The van der Waals surface area contributed by atoms with Crippen LogP contribution in [0.3, 0.4) is 0 Å². The van der Waals surface area contributed by atoms with Gasteiger partial charge in [-0.15, -0.1) is 0 Å². The Morgan fingerprint density at radius 3 is 2.48 bits per heavy atom. The molecule has 1 unspecified atom stereocenters. The van der Waals surface area contributed by atoms with Crippen molar-refractivity contribution in [2.24, 2.45) is 0 Å². The van der Waals surface area contributed by atoms with Gasteiger partial charge in [0.15, 0.2) is 0 Å². The van der Waals surface area contributed by atoms with Crippen molar-refractivity contribution in [1.29, 1.82) is 0 Å². The first-order valence-corrected chi connectivity index (χ1v) is 7.60. The zero-order valence-electron chi connectivity index (χ0n) is 13.0. The molecule has 1 heterocycles. The number of anilines is 1. The fraction of sp³-hybridized carbons (Fsp3) is 0.625. The van der Waals surface area contributed by atoms with Crippen molar-refractivity contribution in [3.05, 3.63) is 24.3 Å². The molecule has 0 aliphatic carbocycles. The van der Waals surface area contributed by atoms with E-state index >= 15 is 0 Å². The smallest absolute Gasteiger partial charge is 0.119 e. The molecule has 0 bridgehead atoms. The summed E-state index contributed by atoms with van der Waals surface area (Å²) in [5, 5.41) is 10.1. The molecule has 0 amide bonds. The average Bonchev–Trinajstić information content (AvgIpc) is 2.47. The lowest BCUT2D eigenvalue weighted by Crippen LogP contribution is -2.45. The van der Waals surface area contributed by atoms with Gasteiger partial charge in [0.05, 0.1) is 0 Å².